The van der Waals surface area contributed by atoms with Gasteiger partial charge in [-0.2, -0.15) is 5.26 Å². The second kappa shape index (κ2) is 6.53. The maximum absolute atomic E-state index is 12.1. The van der Waals surface area contributed by atoms with Gasteiger partial charge in [-0.1, -0.05) is 6.07 Å². The van der Waals surface area contributed by atoms with Crippen LogP contribution in [0.3, 0.4) is 0 Å². The first-order valence-corrected chi connectivity index (χ1v) is 7.05. The Labute approximate surface area is 120 Å². The SMILES string of the molecule is N#CCNC(=O)C1CCCCN1c1cccc(Br)n1. The number of nitrogens with zero attached hydrogens (tertiary/aromatic N) is 3. The number of pyridine rings is 1. The molecule has 19 heavy (non-hydrogen) atoms. The number of nitriles is 1. The van der Waals surface area contributed by atoms with Gasteiger partial charge in [-0.25, -0.2) is 4.98 Å². The molecule has 0 radical (unpaired) electrons. The Morgan fingerprint density at radius 2 is 2.42 bits per heavy atom. The van der Waals surface area contributed by atoms with Gasteiger partial charge in [0.15, 0.2) is 0 Å². The number of nitrogens with one attached hydrogen (secondary N) is 1. The molecule has 1 aromatic heterocycles. The minimum atomic E-state index is -0.233. The van der Waals surface area contributed by atoms with Crippen molar-refractivity contribution in [3.05, 3.63) is 22.8 Å². The average Bonchev–Trinajstić information content (AvgIpc) is 2.45. The summed E-state index contributed by atoms with van der Waals surface area (Å²) in [5.74, 6) is 0.703. The number of halogens is 1. The molecular formula is C13H15BrN4O. The summed E-state index contributed by atoms with van der Waals surface area (Å²) in [7, 11) is 0. The van der Waals surface area contributed by atoms with Crippen molar-refractivity contribution >= 4 is 27.7 Å². The molecule has 6 heteroatoms. The fourth-order valence-corrected chi connectivity index (χ4v) is 2.61. The second-order valence-electron chi connectivity index (χ2n) is 4.40. The van der Waals surface area contributed by atoms with E-state index in [1.807, 2.05) is 29.2 Å². The maximum Gasteiger partial charge on any atom is 0.243 e. The lowest BCUT2D eigenvalue weighted by molar-refractivity contribution is -0.122. The highest BCUT2D eigenvalue weighted by atomic mass is 79.9. The highest BCUT2D eigenvalue weighted by Gasteiger charge is 2.29. The average molecular weight is 323 g/mol. The Hall–Kier alpha value is -1.61. The van der Waals surface area contributed by atoms with Gasteiger partial charge in [-0.05, 0) is 47.3 Å². The van der Waals surface area contributed by atoms with E-state index in [9.17, 15) is 4.79 Å². The molecule has 1 fully saturated rings. The van der Waals surface area contributed by atoms with Gasteiger partial charge in [0, 0.05) is 6.54 Å². The van der Waals surface area contributed by atoms with Crippen molar-refractivity contribution in [1.82, 2.24) is 10.3 Å². The van der Waals surface area contributed by atoms with E-state index in [2.05, 4.69) is 26.2 Å². The molecule has 0 aromatic carbocycles. The number of rotatable bonds is 3. The molecule has 1 aliphatic rings. The minimum absolute atomic E-state index is 0.0507. The van der Waals surface area contributed by atoms with E-state index in [-0.39, 0.29) is 18.5 Å². The Bertz CT molecular complexity index is 500. The summed E-state index contributed by atoms with van der Waals surface area (Å²) in [6, 6.07) is 7.37. The third-order valence-corrected chi connectivity index (χ3v) is 3.58. The molecule has 5 nitrogen and oxygen atoms in total. The Kier molecular flexibility index (Phi) is 4.74. The van der Waals surface area contributed by atoms with Crippen LogP contribution in [-0.4, -0.2) is 30.0 Å². The van der Waals surface area contributed by atoms with Crippen molar-refractivity contribution in [3.63, 3.8) is 0 Å². The molecule has 1 unspecified atom stereocenters. The summed E-state index contributed by atoms with van der Waals surface area (Å²) in [5, 5.41) is 11.2. The van der Waals surface area contributed by atoms with Gasteiger partial charge >= 0.3 is 0 Å². The second-order valence-corrected chi connectivity index (χ2v) is 5.21. The predicted molar refractivity (Wildman–Crippen MR) is 75.5 cm³/mol. The van der Waals surface area contributed by atoms with Crippen molar-refractivity contribution in [1.29, 1.82) is 5.26 Å². The largest absolute Gasteiger partial charge is 0.345 e. The van der Waals surface area contributed by atoms with Gasteiger partial charge in [0.25, 0.3) is 0 Å². The fourth-order valence-electron chi connectivity index (χ4n) is 2.28. The molecule has 1 aromatic rings. The van der Waals surface area contributed by atoms with Crippen molar-refractivity contribution < 1.29 is 4.79 Å². The zero-order valence-corrected chi connectivity index (χ0v) is 12.1. The number of piperidine rings is 1. The molecule has 1 N–H and O–H groups in total. The summed E-state index contributed by atoms with van der Waals surface area (Å²) in [4.78, 5) is 18.5. The monoisotopic (exact) mass is 322 g/mol. The summed E-state index contributed by atoms with van der Waals surface area (Å²) < 4.78 is 0.756. The molecule has 1 saturated heterocycles. The van der Waals surface area contributed by atoms with Gasteiger partial charge in [0.2, 0.25) is 5.91 Å². The zero-order chi connectivity index (χ0) is 13.7. The number of carbonyl (C=O) groups is 1. The number of aromatic nitrogens is 1. The lowest BCUT2D eigenvalue weighted by Gasteiger charge is -2.35. The molecule has 1 amide bonds. The summed E-state index contributed by atoms with van der Waals surface area (Å²) in [6.07, 6.45) is 2.87. The van der Waals surface area contributed by atoms with Crippen LogP contribution in [0.4, 0.5) is 5.82 Å². The number of amides is 1. The van der Waals surface area contributed by atoms with E-state index in [1.54, 1.807) is 0 Å². The third-order valence-electron chi connectivity index (χ3n) is 3.14. The van der Waals surface area contributed by atoms with E-state index in [0.717, 1.165) is 36.2 Å². The molecule has 2 heterocycles. The van der Waals surface area contributed by atoms with Crippen molar-refractivity contribution in [2.75, 3.05) is 18.0 Å². The number of anilines is 1. The predicted octanol–water partition coefficient (Wildman–Crippen LogP) is 1.84. The molecular weight excluding hydrogens is 308 g/mol. The Balaban J connectivity index is 2.16. The van der Waals surface area contributed by atoms with Gasteiger partial charge in [0.1, 0.15) is 23.0 Å². The van der Waals surface area contributed by atoms with Crippen LogP contribution in [0.15, 0.2) is 22.8 Å². The van der Waals surface area contributed by atoms with E-state index in [1.165, 1.54) is 0 Å². The highest BCUT2D eigenvalue weighted by molar-refractivity contribution is 9.10. The molecule has 100 valence electrons. The molecule has 0 spiro atoms. The maximum atomic E-state index is 12.1. The molecule has 2 rings (SSSR count). The standard InChI is InChI=1S/C13H15BrN4O/c14-11-5-3-6-12(17-11)18-9-2-1-4-10(18)13(19)16-8-7-15/h3,5-6,10H,1-2,4,8-9H2,(H,16,19). The van der Waals surface area contributed by atoms with Gasteiger partial charge < -0.3 is 10.2 Å². The van der Waals surface area contributed by atoms with Crippen molar-refractivity contribution in [2.45, 2.75) is 25.3 Å². The van der Waals surface area contributed by atoms with E-state index >= 15 is 0 Å². The van der Waals surface area contributed by atoms with E-state index in [0.29, 0.717) is 0 Å². The van der Waals surface area contributed by atoms with E-state index < -0.39 is 0 Å². The topological polar surface area (TPSA) is 69.0 Å². The van der Waals surface area contributed by atoms with Crippen LogP contribution in [0.25, 0.3) is 0 Å². The first-order chi connectivity index (χ1) is 9.22. The van der Waals surface area contributed by atoms with Crippen LogP contribution in [0.1, 0.15) is 19.3 Å². The third kappa shape index (κ3) is 3.44. The minimum Gasteiger partial charge on any atom is -0.345 e. The molecule has 0 aliphatic carbocycles. The lowest BCUT2D eigenvalue weighted by atomic mass is 10.0. The summed E-state index contributed by atoms with van der Waals surface area (Å²) >= 11 is 3.35. The zero-order valence-electron chi connectivity index (χ0n) is 10.5. The highest BCUT2D eigenvalue weighted by Crippen LogP contribution is 2.24. The van der Waals surface area contributed by atoms with E-state index in [4.69, 9.17) is 5.26 Å². The van der Waals surface area contributed by atoms with Crippen LogP contribution < -0.4 is 10.2 Å². The normalized spacial score (nSPS) is 18.7. The van der Waals surface area contributed by atoms with Crippen molar-refractivity contribution in [2.24, 2.45) is 0 Å². The molecule has 0 saturated carbocycles. The molecule has 1 aliphatic heterocycles. The van der Waals surface area contributed by atoms with Crippen LogP contribution >= 0.6 is 15.9 Å². The Morgan fingerprint density at radius 3 is 3.16 bits per heavy atom. The van der Waals surface area contributed by atoms with Gasteiger partial charge in [-0.3, -0.25) is 4.79 Å². The lowest BCUT2D eigenvalue weighted by Crippen LogP contribution is -2.50. The number of hydrogen-bond donors (Lipinski definition) is 1. The van der Waals surface area contributed by atoms with Crippen LogP contribution in [0.2, 0.25) is 0 Å². The van der Waals surface area contributed by atoms with Crippen LogP contribution in [-0.2, 0) is 4.79 Å². The van der Waals surface area contributed by atoms with Gasteiger partial charge in [-0.15, -0.1) is 0 Å². The van der Waals surface area contributed by atoms with Crippen LogP contribution in [0.5, 0.6) is 0 Å². The fraction of sp³-hybridized carbons (Fsp3) is 0.462. The Morgan fingerprint density at radius 1 is 1.58 bits per heavy atom. The quantitative estimate of drug-likeness (QED) is 0.681. The summed E-state index contributed by atoms with van der Waals surface area (Å²) in [6.45, 7) is 0.864. The number of carbonyl (C=O) groups excluding carboxylic acids is 1. The molecule has 0 bridgehead atoms. The molecule has 1 atom stereocenters. The summed E-state index contributed by atoms with van der Waals surface area (Å²) in [5.41, 5.74) is 0. The number of hydrogen-bond acceptors (Lipinski definition) is 4. The van der Waals surface area contributed by atoms with Crippen LogP contribution in [0, 0.1) is 11.3 Å². The van der Waals surface area contributed by atoms with Gasteiger partial charge in [0.05, 0.1) is 6.07 Å². The van der Waals surface area contributed by atoms with Crippen molar-refractivity contribution in [3.8, 4) is 6.07 Å². The first kappa shape index (κ1) is 13.8. The smallest absolute Gasteiger partial charge is 0.243 e. The first-order valence-electron chi connectivity index (χ1n) is 6.26.